The first kappa shape index (κ1) is 17.6. The fourth-order valence-corrected chi connectivity index (χ4v) is 2.72. The van der Waals surface area contributed by atoms with Crippen LogP contribution in [0.15, 0.2) is 42.6 Å². The number of carbonyl (C=O) groups excluding carboxylic acids is 2. The molecule has 3 rings (SSSR count). The Morgan fingerprint density at radius 3 is 2.54 bits per heavy atom. The van der Waals surface area contributed by atoms with Crippen LogP contribution < -0.4 is 0 Å². The van der Waals surface area contributed by atoms with Gasteiger partial charge in [0.2, 0.25) is 6.10 Å². The lowest BCUT2D eigenvalue weighted by Gasteiger charge is -2.21. The molecular formula is C19H20N4O3. The first-order valence-corrected chi connectivity index (χ1v) is 8.15. The van der Waals surface area contributed by atoms with E-state index in [1.165, 1.54) is 11.1 Å². The highest BCUT2D eigenvalue weighted by atomic mass is 16.5. The average Bonchev–Trinajstić information content (AvgIpc) is 2.93. The largest absolute Gasteiger partial charge is 0.444 e. The van der Waals surface area contributed by atoms with Crippen LogP contribution in [-0.2, 0) is 16.6 Å². The highest BCUT2D eigenvalue weighted by Gasteiger charge is 2.27. The molecule has 1 atom stereocenters. The van der Waals surface area contributed by atoms with Crippen molar-refractivity contribution in [2.24, 2.45) is 7.05 Å². The number of hydrogen-bond donors (Lipinski definition) is 0. The zero-order chi connectivity index (χ0) is 18.8. The summed E-state index contributed by atoms with van der Waals surface area (Å²) in [6.07, 6.45) is 0.429. The first-order chi connectivity index (χ1) is 12.4. The second-order valence-corrected chi connectivity index (χ2v) is 6.23. The number of aryl methyl sites for hydroxylation is 2. The van der Waals surface area contributed by atoms with Crippen LogP contribution in [0.4, 0.5) is 0 Å². The summed E-state index contributed by atoms with van der Waals surface area (Å²) in [6.45, 7) is 1.85. The van der Waals surface area contributed by atoms with Crippen LogP contribution in [0.5, 0.6) is 0 Å². The molecule has 0 aliphatic heterocycles. The van der Waals surface area contributed by atoms with Gasteiger partial charge in [0.25, 0.3) is 5.91 Å². The van der Waals surface area contributed by atoms with E-state index in [2.05, 4.69) is 10.1 Å². The van der Waals surface area contributed by atoms with Crippen molar-refractivity contribution in [3.63, 3.8) is 0 Å². The van der Waals surface area contributed by atoms with Gasteiger partial charge >= 0.3 is 5.97 Å². The van der Waals surface area contributed by atoms with Crippen LogP contribution in [0.2, 0.25) is 0 Å². The number of benzene rings is 1. The molecule has 0 spiro atoms. The molecule has 7 nitrogen and oxygen atoms in total. The van der Waals surface area contributed by atoms with Gasteiger partial charge in [-0.3, -0.25) is 9.48 Å². The molecule has 2 aromatic heterocycles. The topological polar surface area (TPSA) is 77.3 Å². The van der Waals surface area contributed by atoms with Crippen molar-refractivity contribution in [1.29, 1.82) is 0 Å². The lowest BCUT2D eigenvalue weighted by molar-refractivity contribution is -0.138. The van der Waals surface area contributed by atoms with Crippen molar-refractivity contribution in [3.05, 3.63) is 59.4 Å². The Bertz CT molecular complexity index is 964. The molecule has 3 aromatic rings. The monoisotopic (exact) mass is 352 g/mol. The standard InChI is InChI=1S/C19H20N4O3/c1-12-15-10-14(11-20-17(15)23(4)21-12)19(25)26-16(18(24)22(2)3)13-8-6-5-7-9-13/h5-11,16H,1-4H3. The number of fused-ring (bicyclic) bond motifs is 1. The Hall–Kier alpha value is -3.22. The van der Waals surface area contributed by atoms with E-state index in [1.807, 2.05) is 13.0 Å². The van der Waals surface area contributed by atoms with Crippen LogP contribution in [0.25, 0.3) is 11.0 Å². The summed E-state index contributed by atoms with van der Waals surface area (Å²) in [7, 11) is 5.04. The van der Waals surface area contributed by atoms with E-state index in [-0.39, 0.29) is 11.5 Å². The Balaban J connectivity index is 1.93. The summed E-state index contributed by atoms with van der Waals surface area (Å²) in [6, 6.07) is 10.6. The van der Waals surface area contributed by atoms with E-state index >= 15 is 0 Å². The zero-order valence-corrected chi connectivity index (χ0v) is 15.1. The number of aromatic nitrogens is 3. The lowest BCUT2D eigenvalue weighted by atomic mass is 10.1. The average molecular weight is 352 g/mol. The normalized spacial score (nSPS) is 12.0. The maximum Gasteiger partial charge on any atom is 0.340 e. The fourth-order valence-electron chi connectivity index (χ4n) is 2.72. The minimum Gasteiger partial charge on any atom is -0.444 e. The quantitative estimate of drug-likeness (QED) is 0.673. The third-order valence-electron chi connectivity index (χ3n) is 4.09. The maximum atomic E-state index is 12.7. The van der Waals surface area contributed by atoms with Gasteiger partial charge < -0.3 is 9.64 Å². The minimum absolute atomic E-state index is 0.279. The molecule has 134 valence electrons. The maximum absolute atomic E-state index is 12.7. The summed E-state index contributed by atoms with van der Waals surface area (Å²) < 4.78 is 7.20. The van der Waals surface area contributed by atoms with Crippen molar-refractivity contribution in [2.75, 3.05) is 14.1 Å². The lowest BCUT2D eigenvalue weighted by Crippen LogP contribution is -2.31. The van der Waals surface area contributed by atoms with Gasteiger partial charge in [0.1, 0.15) is 0 Å². The summed E-state index contributed by atoms with van der Waals surface area (Å²) in [5, 5.41) is 5.07. The van der Waals surface area contributed by atoms with Crippen LogP contribution in [0, 0.1) is 6.92 Å². The first-order valence-electron chi connectivity index (χ1n) is 8.15. The number of carbonyl (C=O) groups is 2. The van der Waals surface area contributed by atoms with Crippen LogP contribution in [-0.4, -0.2) is 45.6 Å². The minimum atomic E-state index is -1.01. The molecular weight excluding hydrogens is 332 g/mol. The molecule has 26 heavy (non-hydrogen) atoms. The van der Waals surface area contributed by atoms with Crippen molar-refractivity contribution >= 4 is 22.9 Å². The summed E-state index contributed by atoms with van der Waals surface area (Å²) in [4.78, 5) is 30.8. The fraction of sp³-hybridized carbons (Fsp3) is 0.263. The van der Waals surface area contributed by atoms with E-state index in [0.717, 1.165) is 11.1 Å². The highest BCUT2D eigenvalue weighted by Crippen LogP contribution is 2.23. The molecule has 0 aliphatic carbocycles. The molecule has 0 saturated carbocycles. The molecule has 0 saturated heterocycles. The molecule has 7 heteroatoms. The molecule has 0 aliphatic rings. The van der Waals surface area contributed by atoms with Crippen molar-refractivity contribution in [3.8, 4) is 0 Å². The van der Waals surface area contributed by atoms with Crippen LogP contribution in [0.3, 0.4) is 0 Å². The van der Waals surface area contributed by atoms with Crippen molar-refractivity contribution in [2.45, 2.75) is 13.0 Å². The van der Waals surface area contributed by atoms with Crippen LogP contribution in [0.1, 0.15) is 27.7 Å². The van der Waals surface area contributed by atoms with E-state index in [1.54, 1.807) is 56.2 Å². The van der Waals surface area contributed by atoms with Gasteiger partial charge in [0, 0.05) is 38.3 Å². The van der Waals surface area contributed by atoms with Gasteiger partial charge in [-0.15, -0.1) is 0 Å². The number of pyridine rings is 1. The Kier molecular flexibility index (Phi) is 4.71. The number of ether oxygens (including phenoxy) is 1. The second kappa shape index (κ2) is 6.95. The molecule has 0 bridgehead atoms. The van der Waals surface area contributed by atoms with Gasteiger partial charge in [0.05, 0.1) is 11.3 Å². The number of rotatable bonds is 4. The van der Waals surface area contributed by atoms with Crippen LogP contribution >= 0.6 is 0 Å². The molecule has 0 fully saturated rings. The number of likely N-dealkylation sites (N-methyl/N-ethyl adjacent to an activating group) is 1. The predicted molar refractivity (Wildman–Crippen MR) is 96.5 cm³/mol. The highest BCUT2D eigenvalue weighted by molar-refractivity contribution is 5.95. The predicted octanol–water partition coefficient (Wildman–Crippen LogP) is 2.26. The third kappa shape index (κ3) is 3.28. The van der Waals surface area contributed by atoms with E-state index in [0.29, 0.717) is 11.2 Å². The molecule has 2 heterocycles. The number of nitrogens with zero attached hydrogens (tertiary/aromatic N) is 4. The summed E-state index contributed by atoms with van der Waals surface area (Å²) >= 11 is 0. The smallest absolute Gasteiger partial charge is 0.340 e. The van der Waals surface area contributed by atoms with Gasteiger partial charge in [-0.05, 0) is 13.0 Å². The Morgan fingerprint density at radius 2 is 1.88 bits per heavy atom. The number of esters is 1. The molecule has 1 amide bonds. The number of hydrogen-bond acceptors (Lipinski definition) is 5. The van der Waals surface area contributed by atoms with E-state index < -0.39 is 12.1 Å². The van der Waals surface area contributed by atoms with Crippen molar-refractivity contribution in [1.82, 2.24) is 19.7 Å². The Morgan fingerprint density at radius 1 is 1.19 bits per heavy atom. The van der Waals surface area contributed by atoms with E-state index in [4.69, 9.17) is 4.74 Å². The van der Waals surface area contributed by atoms with Gasteiger partial charge in [-0.25, -0.2) is 9.78 Å². The second-order valence-electron chi connectivity index (χ2n) is 6.23. The molecule has 0 radical (unpaired) electrons. The van der Waals surface area contributed by atoms with Crippen molar-refractivity contribution < 1.29 is 14.3 Å². The molecule has 1 aromatic carbocycles. The summed E-state index contributed by atoms with van der Waals surface area (Å²) in [5.74, 6) is -0.914. The molecule has 0 N–H and O–H groups in total. The van der Waals surface area contributed by atoms with Gasteiger partial charge in [-0.2, -0.15) is 5.10 Å². The summed E-state index contributed by atoms with van der Waals surface area (Å²) in [5.41, 5.74) is 2.35. The SMILES string of the molecule is Cc1nn(C)c2ncc(C(=O)OC(C(=O)N(C)C)c3ccccc3)cc12. The Labute approximate surface area is 151 Å². The third-order valence-corrected chi connectivity index (χ3v) is 4.09. The zero-order valence-electron chi connectivity index (χ0n) is 15.1. The number of amides is 1. The molecule has 1 unspecified atom stereocenters. The van der Waals surface area contributed by atoms with Gasteiger partial charge in [-0.1, -0.05) is 30.3 Å². The van der Waals surface area contributed by atoms with E-state index in [9.17, 15) is 9.59 Å². The van der Waals surface area contributed by atoms with Gasteiger partial charge in [0.15, 0.2) is 5.65 Å².